The number of phenolic OH excluding ortho intramolecular Hbond substituents is 2. The molecule has 0 aliphatic heterocycles. The Bertz CT molecular complexity index is 2050. The number of aryl methyl sites for hydroxylation is 2. The van der Waals surface area contributed by atoms with Gasteiger partial charge in [0, 0.05) is 42.9 Å². The minimum Gasteiger partial charge on any atom is -0.507 e. The van der Waals surface area contributed by atoms with Crippen LogP contribution in [-0.4, -0.2) is 53.7 Å². The van der Waals surface area contributed by atoms with Crippen molar-refractivity contribution in [1.82, 2.24) is 9.80 Å². The molecule has 6 aromatic rings. The van der Waals surface area contributed by atoms with Crippen LogP contribution in [0, 0.1) is 27.7 Å². The Morgan fingerprint density at radius 3 is 1.43 bits per heavy atom. The molecular weight excluding hydrogens is 875 g/mol. The first kappa shape index (κ1) is 47.8. The summed E-state index contributed by atoms with van der Waals surface area (Å²) in [4.78, 5) is 4.60. The van der Waals surface area contributed by atoms with Crippen LogP contribution in [-0.2, 0) is 38.8 Å². The van der Waals surface area contributed by atoms with Gasteiger partial charge in [-0.05, 0) is 97.3 Å². The maximum absolute atomic E-state index is 11.9. The number of hydrogen-bond acceptors (Lipinski definition) is 4. The van der Waals surface area contributed by atoms with E-state index in [1.807, 2.05) is 91.0 Å². The van der Waals surface area contributed by atoms with E-state index >= 15 is 0 Å². The van der Waals surface area contributed by atoms with Crippen molar-refractivity contribution in [1.29, 1.82) is 0 Å². The van der Waals surface area contributed by atoms with E-state index < -0.39 is 0 Å². The number of hydrogen-bond donors (Lipinski definition) is 2. The van der Waals surface area contributed by atoms with Crippen LogP contribution in [0.5, 0.6) is 11.5 Å². The van der Waals surface area contributed by atoms with Crippen LogP contribution in [0.1, 0.15) is 84.0 Å². The van der Waals surface area contributed by atoms with Gasteiger partial charge in [0.1, 0.15) is 11.5 Å². The minimum absolute atomic E-state index is 0. The van der Waals surface area contributed by atoms with Crippen molar-refractivity contribution in [2.45, 2.75) is 66.3 Å². The van der Waals surface area contributed by atoms with Crippen molar-refractivity contribution < 1.29 is 36.1 Å². The van der Waals surface area contributed by atoms with Gasteiger partial charge in [-0.3, -0.25) is 4.90 Å². The molecule has 0 radical (unpaired) electrons. The van der Waals surface area contributed by atoms with Crippen molar-refractivity contribution in [2.75, 3.05) is 33.7 Å². The Kier molecular flexibility index (Phi) is 19.6. The number of rotatable bonds is 12. The van der Waals surface area contributed by atoms with Gasteiger partial charge in [-0.15, -0.1) is 24.3 Å². The molecule has 300 valence electrons. The number of benzene rings is 6. The van der Waals surface area contributed by atoms with Gasteiger partial charge < -0.3 is 15.1 Å². The molecule has 0 amide bonds. The number of likely N-dealkylation sites (N-methyl/N-ethyl adjacent to an activating group) is 1. The van der Waals surface area contributed by atoms with Gasteiger partial charge in [0.05, 0.1) is 0 Å². The Hall–Kier alpha value is -4.55. The molecule has 0 aromatic heterocycles. The Morgan fingerprint density at radius 1 is 0.534 bits per heavy atom. The molecule has 6 rings (SSSR count). The van der Waals surface area contributed by atoms with Gasteiger partial charge in [-0.1, -0.05) is 100 Å². The van der Waals surface area contributed by atoms with Crippen LogP contribution in [0.4, 0.5) is 0 Å². The molecule has 2 N–H and O–H groups in total. The summed E-state index contributed by atoms with van der Waals surface area (Å²) in [6, 6.07) is 44.8. The third-order valence-corrected chi connectivity index (χ3v) is 10.0. The zero-order valence-corrected chi connectivity index (χ0v) is 39.7. The summed E-state index contributed by atoms with van der Waals surface area (Å²) in [5.41, 5.74) is 12.9. The van der Waals surface area contributed by atoms with Gasteiger partial charge in [0.15, 0.2) is 0 Å². The molecule has 6 aromatic carbocycles. The van der Waals surface area contributed by atoms with Gasteiger partial charge in [0.25, 0.3) is 0 Å². The molecule has 0 heterocycles. The second-order valence-electron chi connectivity index (χ2n) is 15.9. The first-order valence-corrected chi connectivity index (χ1v) is 20.2. The van der Waals surface area contributed by atoms with E-state index in [1.54, 1.807) is 0 Å². The number of aromatic hydroxyl groups is 2. The van der Waals surface area contributed by atoms with Crippen LogP contribution in [0.2, 0.25) is 0 Å². The van der Waals surface area contributed by atoms with E-state index in [0.29, 0.717) is 36.3 Å². The van der Waals surface area contributed by atoms with Gasteiger partial charge >= 0.3 is 25.8 Å². The number of phenols is 2. The fraction of sp³-hybridized carbons (Fsp3) is 0.283. The SMILES string of the molecule is Cc1cc(CCN(CCN(C)C)Cc2cc(C)cc(-c3c(C(C)C)cccc3C(C)C)c2O)c(O)c(-c2ccccc2)c1.[CH2-]c1ccccc1.[CH2-]c1ccccc1.[Hf+4]. The molecule has 0 spiro atoms. The van der Waals surface area contributed by atoms with Crippen molar-refractivity contribution in [3.63, 3.8) is 0 Å². The summed E-state index contributed by atoms with van der Waals surface area (Å²) >= 11 is 0. The molecule has 0 aliphatic rings. The van der Waals surface area contributed by atoms with E-state index in [1.165, 1.54) is 16.7 Å². The molecule has 5 heteroatoms. The average molecular weight is 940 g/mol. The van der Waals surface area contributed by atoms with Crippen molar-refractivity contribution >= 4 is 0 Å². The first-order valence-electron chi connectivity index (χ1n) is 20.2. The smallest absolute Gasteiger partial charge is 0.507 e. The predicted octanol–water partition coefficient (Wildman–Crippen LogP) is 12.6. The Morgan fingerprint density at radius 2 is 0.983 bits per heavy atom. The third kappa shape index (κ3) is 14.4. The standard InChI is InChI=1S/C39H50N2O2.2C7H7.Hf/c1-26(2)33-15-12-16-34(27(3)4)37(33)36-24-29(6)22-32(39(36)43)25-41(20-19-40(7)8)18-17-31-21-28(5)23-35(38(31)42)30-13-10-9-11-14-30;2*1-7-5-3-2-4-6-7;/h9-16,21-24,26-27,42-43H,17-20,25H2,1-8H3;2*2-6H,1H2;/q;2*-1;+4. The minimum atomic E-state index is 0. The fourth-order valence-corrected chi connectivity index (χ4v) is 7.00. The van der Waals surface area contributed by atoms with Crippen LogP contribution >= 0.6 is 0 Å². The van der Waals surface area contributed by atoms with Crippen LogP contribution in [0.15, 0.2) is 133 Å². The van der Waals surface area contributed by atoms with Crippen molar-refractivity contribution in [3.05, 3.63) is 192 Å². The molecule has 4 nitrogen and oxygen atoms in total. The molecule has 0 saturated heterocycles. The third-order valence-electron chi connectivity index (χ3n) is 10.0. The predicted molar refractivity (Wildman–Crippen MR) is 244 cm³/mol. The first-order chi connectivity index (χ1) is 27.2. The van der Waals surface area contributed by atoms with E-state index in [-0.39, 0.29) is 25.8 Å². The zero-order valence-electron chi connectivity index (χ0n) is 36.1. The molecule has 0 atom stereocenters. The largest absolute Gasteiger partial charge is 4.00 e. The van der Waals surface area contributed by atoms with Crippen LogP contribution in [0.25, 0.3) is 22.3 Å². The van der Waals surface area contributed by atoms with E-state index in [2.05, 4.69) is 122 Å². The van der Waals surface area contributed by atoms with E-state index in [9.17, 15) is 10.2 Å². The Labute approximate surface area is 369 Å². The summed E-state index contributed by atoms with van der Waals surface area (Å²) in [6.45, 7) is 23.7. The Balaban J connectivity index is 0.000000501. The summed E-state index contributed by atoms with van der Waals surface area (Å²) in [5, 5.41) is 23.2. The maximum atomic E-state index is 11.9. The molecule has 0 aliphatic carbocycles. The van der Waals surface area contributed by atoms with Gasteiger partial charge in [0.2, 0.25) is 0 Å². The topological polar surface area (TPSA) is 46.9 Å². The van der Waals surface area contributed by atoms with Gasteiger partial charge in [-0.25, -0.2) is 0 Å². The molecule has 58 heavy (non-hydrogen) atoms. The fourth-order valence-electron chi connectivity index (χ4n) is 7.00. The van der Waals surface area contributed by atoms with Gasteiger partial charge in [-0.2, -0.15) is 49.2 Å². The van der Waals surface area contributed by atoms with Crippen LogP contribution < -0.4 is 0 Å². The molecule has 0 bridgehead atoms. The average Bonchev–Trinajstić information content (AvgIpc) is 3.19. The van der Waals surface area contributed by atoms with E-state index in [0.717, 1.165) is 69.7 Å². The summed E-state index contributed by atoms with van der Waals surface area (Å²) in [7, 11) is 4.18. The quantitative estimate of drug-likeness (QED) is 0.0948. The van der Waals surface area contributed by atoms with Crippen LogP contribution in [0.3, 0.4) is 0 Å². The molecule has 0 unspecified atom stereocenters. The zero-order chi connectivity index (χ0) is 41.5. The normalized spacial score (nSPS) is 10.8. The molecule has 0 saturated carbocycles. The second kappa shape index (κ2) is 23.8. The van der Waals surface area contributed by atoms with E-state index in [4.69, 9.17) is 0 Å². The summed E-state index contributed by atoms with van der Waals surface area (Å²) in [6.07, 6.45) is 0.716. The summed E-state index contributed by atoms with van der Waals surface area (Å²) < 4.78 is 0. The van der Waals surface area contributed by atoms with Crippen molar-refractivity contribution in [2.24, 2.45) is 0 Å². The van der Waals surface area contributed by atoms with Crippen molar-refractivity contribution in [3.8, 4) is 33.8 Å². The monoisotopic (exact) mass is 940 g/mol. The summed E-state index contributed by atoms with van der Waals surface area (Å²) in [5.74, 6) is 1.42. The number of nitrogens with zero attached hydrogens (tertiary/aromatic N) is 2. The molecule has 0 fully saturated rings. The second-order valence-corrected chi connectivity index (χ2v) is 15.9. The molecular formula is C53H64HfN2O2+2. The maximum Gasteiger partial charge on any atom is 4.00 e.